The number of thioether (sulfide) groups is 1. The predicted octanol–water partition coefficient (Wildman–Crippen LogP) is 3.41. The van der Waals surface area contributed by atoms with Gasteiger partial charge in [-0.1, -0.05) is 37.3 Å². The maximum Gasteiger partial charge on any atom is 0.325 e. The molecule has 1 fully saturated rings. The van der Waals surface area contributed by atoms with Gasteiger partial charge in [0.1, 0.15) is 5.54 Å². The number of anilines is 1. The van der Waals surface area contributed by atoms with Crippen molar-refractivity contribution in [1.29, 1.82) is 0 Å². The molecule has 1 heterocycles. The minimum absolute atomic E-state index is 0.208. The fourth-order valence-electron chi connectivity index (χ4n) is 3.52. The summed E-state index contributed by atoms with van der Waals surface area (Å²) < 4.78 is 0. The van der Waals surface area contributed by atoms with Gasteiger partial charge in [0.2, 0.25) is 5.91 Å². The first kappa shape index (κ1) is 21.6. The van der Waals surface area contributed by atoms with Gasteiger partial charge in [-0.15, -0.1) is 11.8 Å². The number of Topliss-reactive ketones (excluding diaryl/α,β-unsaturated/α-hetero) is 1. The van der Waals surface area contributed by atoms with Gasteiger partial charge in [-0.2, -0.15) is 0 Å². The molecule has 1 atom stereocenters. The Bertz CT molecular complexity index is 1010. The molecule has 2 aromatic rings. The lowest BCUT2D eigenvalue weighted by atomic mass is 9.87. The number of carbonyl (C=O) groups excluding carboxylic acids is 4. The Morgan fingerprint density at radius 2 is 1.83 bits per heavy atom. The van der Waals surface area contributed by atoms with Crippen molar-refractivity contribution in [3.63, 3.8) is 0 Å². The van der Waals surface area contributed by atoms with E-state index in [1.807, 2.05) is 19.2 Å². The Morgan fingerprint density at radius 3 is 2.43 bits per heavy atom. The zero-order valence-corrected chi connectivity index (χ0v) is 17.8. The van der Waals surface area contributed by atoms with Crippen LogP contribution in [0.15, 0.2) is 53.4 Å². The molecular formula is C22H23N3O4S. The van der Waals surface area contributed by atoms with Crippen molar-refractivity contribution in [2.45, 2.75) is 30.7 Å². The summed E-state index contributed by atoms with van der Waals surface area (Å²) in [7, 11) is 0. The molecule has 0 radical (unpaired) electrons. The number of amides is 4. The zero-order valence-electron chi connectivity index (χ0n) is 17.0. The fraction of sp³-hybridized carbons (Fsp3) is 0.273. The molecule has 0 saturated carbocycles. The molecule has 3 rings (SSSR count). The number of carbonyl (C=O) groups is 4. The second-order valence-corrected chi connectivity index (χ2v) is 7.81. The normalized spacial score (nSPS) is 18.3. The SMILES string of the molecule is CCC1(c2ccccc2)NC(=O)N(CC(=O)c2ccc(NC(C)=O)c(SC)c2)C1=O. The molecule has 2 N–H and O–H groups in total. The molecule has 7 nitrogen and oxygen atoms in total. The molecule has 4 amide bonds. The first-order chi connectivity index (χ1) is 14.3. The molecule has 0 aliphatic carbocycles. The molecule has 0 aromatic heterocycles. The van der Waals surface area contributed by atoms with Gasteiger partial charge in [0, 0.05) is 17.4 Å². The van der Waals surface area contributed by atoms with Crippen LogP contribution in [0, 0.1) is 0 Å². The number of nitrogens with one attached hydrogen (secondary N) is 2. The number of hydrogen-bond acceptors (Lipinski definition) is 5. The third kappa shape index (κ3) is 3.95. The average Bonchev–Trinajstić information content (AvgIpc) is 2.99. The van der Waals surface area contributed by atoms with Crippen LogP contribution in [-0.2, 0) is 15.1 Å². The van der Waals surface area contributed by atoms with E-state index >= 15 is 0 Å². The third-order valence-corrected chi connectivity index (χ3v) is 5.89. The maximum absolute atomic E-state index is 13.2. The quantitative estimate of drug-likeness (QED) is 0.403. The maximum atomic E-state index is 13.2. The van der Waals surface area contributed by atoms with E-state index in [1.54, 1.807) is 42.5 Å². The topological polar surface area (TPSA) is 95.6 Å². The smallest absolute Gasteiger partial charge is 0.325 e. The summed E-state index contributed by atoms with van der Waals surface area (Å²) in [6.45, 7) is 2.88. The molecule has 1 aliphatic rings. The first-order valence-electron chi connectivity index (χ1n) is 9.51. The molecule has 8 heteroatoms. The summed E-state index contributed by atoms with van der Waals surface area (Å²) in [5.41, 5.74) is 0.488. The Kier molecular flexibility index (Phi) is 6.26. The highest BCUT2D eigenvalue weighted by molar-refractivity contribution is 7.98. The Morgan fingerprint density at radius 1 is 1.13 bits per heavy atom. The van der Waals surface area contributed by atoms with Gasteiger partial charge in [-0.25, -0.2) is 4.79 Å². The van der Waals surface area contributed by atoms with Crippen LogP contribution in [0.4, 0.5) is 10.5 Å². The van der Waals surface area contributed by atoms with E-state index in [1.165, 1.54) is 18.7 Å². The van der Waals surface area contributed by atoms with Gasteiger partial charge in [0.05, 0.1) is 12.2 Å². The van der Waals surface area contributed by atoms with Crippen molar-refractivity contribution < 1.29 is 19.2 Å². The highest BCUT2D eigenvalue weighted by Gasteiger charge is 2.51. The Labute approximate surface area is 179 Å². The monoisotopic (exact) mass is 425 g/mol. The van der Waals surface area contributed by atoms with Crippen molar-refractivity contribution >= 4 is 41.1 Å². The summed E-state index contributed by atoms with van der Waals surface area (Å²) in [5.74, 6) is -1.00. The van der Waals surface area contributed by atoms with Gasteiger partial charge in [-0.3, -0.25) is 19.3 Å². The molecule has 1 aliphatic heterocycles. The lowest BCUT2D eigenvalue weighted by Crippen LogP contribution is -2.43. The average molecular weight is 426 g/mol. The molecule has 0 bridgehead atoms. The van der Waals surface area contributed by atoms with E-state index < -0.39 is 17.5 Å². The van der Waals surface area contributed by atoms with Gasteiger partial charge >= 0.3 is 6.03 Å². The zero-order chi connectivity index (χ0) is 21.9. The van der Waals surface area contributed by atoms with Crippen molar-refractivity contribution in [1.82, 2.24) is 10.2 Å². The van der Waals surface area contributed by atoms with Gasteiger partial charge in [-0.05, 0) is 36.4 Å². The van der Waals surface area contributed by atoms with Crippen LogP contribution in [0.5, 0.6) is 0 Å². The van der Waals surface area contributed by atoms with Crippen LogP contribution >= 0.6 is 11.8 Å². The highest BCUT2D eigenvalue weighted by atomic mass is 32.2. The van der Waals surface area contributed by atoms with E-state index in [-0.39, 0.29) is 18.2 Å². The Hall–Kier alpha value is -3.13. The second kappa shape index (κ2) is 8.71. The molecule has 156 valence electrons. The lowest BCUT2D eigenvalue weighted by molar-refractivity contribution is -0.131. The molecule has 1 saturated heterocycles. The predicted molar refractivity (Wildman–Crippen MR) is 116 cm³/mol. The number of benzene rings is 2. The summed E-state index contributed by atoms with van der Waals surface area (Å²) in [4.78, 5) is 51.6. The molecule has 0 spiro atoms. The third-order valence-electron chi connectivity index (χ3n) is 5.11. The van der Waals surface area contributed by atoms with Crippen molar-refractivity contribution in [2.75, 3.05) is 18.1 Å². The van der Waals surface area contributed by atoms with Crippen LogP contribution in [0.2, 0.25) is 0 Å². The lowest BCUT2D eigenvalue weighted by Gasteiger charge is -2.25. The summed E-state index contributed by atoms with van der Waals surface area (Å²) in [5, 5.41) is 5.49. The van der Waals surface area contributed by atoms with Gasteiger partial charge < -0.3 is 10.6 Å². The van der Waals surface area contributed by atoms with E-state index in [2.05, 4.69) is 10.6 Å². The fourth-order valence-corrected chi connectivity index (χ4v) is 4.11. The van der Waals surface area contributed by atoms with Crippen molar-refractivity contribution in [3.05, 3.63) is 59.7 Å². The number of rotatable bonds is 7. The molecule has 30 heavy (non-hydrogen) atoms. The van der Waals surface area contributed by atoms with E-state index in [0.717, 1.165) is 9.80 Å². The number of hydrogen-bond donors (Lipinski definition) is 2. The standard InChI is InChI=1S/C22H23N3O4S/c1-4-22(16-8-6-5-7-9-16)20(28)25(21(29)24-22)13-18(27)15-10-11-17(23-14(2)26)19(12-15)30-3/h5-12H,4,13H2,1-3H3,(H,23,26)(H,24,29). The number of ketones is 1. The van der Waals surface area contributed by atoms with Crippen LogP contribution in [0.1, 0.15) is 36.2 Å². The molecular weight excluding hydrogens is 402 g/mol. The number of imide groups is 1. The number of urea groups is 1. The molecule has 2 aromatic carbocycles. The van der Waals surface area contributed by atoms with Crippen LogP contribution in [0.25, 0.3) is 0 Å². The highest BCUT2D eigenvalue weighted by Crippen LogP contribution is 2.33. The summed E-state index contributed by atoms with van der Waals surface area (Å²) in [6, 6.07) is 13.3. The second-order valence-electron chi connectivity index (χ2n) is 6.97. The minimum atomic E-state index is -1.17. The largest absolute Gasteiger partial charge is 0.325 e. The summed E-state index contributed by atoms with van der Waals surface area (Å²) >= 11 is 1.39. The van der Waals surface area contributed by atoms with E-state index in [4.69, 9.17) is 0 Å². The van der Waals surface area contributed by atoms with Crippen LogP contribution < -0.4 is 10.6 Å². The summed E-state index contributed by atoms with van der Waals surface area (Å²) in [6.07, 6.45) is 2.20. The Balaban J connectivity index is 1.84. The first-order valence-corrected chi connectivity index (χ1v) is 10.7. The van der Waals surface area contributed by atoms with Gasteiger partial charge in [0.15, 0.2) is 5.78 Å². The van der Waals surface area contributed by atoms with Crippen LogP contribution in [-0.4, -0.2) is 41.3 Å². The number of nitrogens with zero attached hydrogens (tertiary/aromatic N) is 1. The minimum Gasteiger partial charge on any atom is -0.325 e. The van der Waals surface area contributed by atoms with Gasteiger partial charge in [0.25, 0.3) is 5.91 Å². The van der Waals surface area contributed by atoms with E-state index in [9.17, 15) is 19.2 Å². The van der Waals surface area contributed by atoms with Crippen molar-refractivity contribution in [3.8, 4) is 0 Å². The van der Waals surface area contributed by atoms with Crippen LogP contribution in [0.3, 0.4) is 0 Å². The van der Waals surface area contributed by atoms with E-state index in [0.29, 0.717) is 23.2 Å². The van der Waals surface area contributed by atoms with Crippen molar-refractivity contribution in [2.24, 2.45) is 0 Å². The molecule has 1 unspecified atom stereocenters.